The van der Waals surface area contributed by atoms with Gasteiger partial charge in [-0.05, 0) is 66.4 Å². The van der Waals surface area contributed by atoms with E-state index in [2.05, 4.69) is 5.32 Å². The molecule has 0 unspecified atom stereocenters. The van der Waals surface area contributed by atoms with Gasteiger partial charge in [0.15, 0.2) is 0 Å². The normalized spacial score (nSPS) is 16.3. The third kappa shape index (κ3) is 6.28. The highest BCUT2D eigenvalue weighted by molar-refractivity contribution is 8.05. The Morgan fingerprint density at radius 3 is 2.51 bits per heavy atom. The summed E-state index contributed by atoms with van der Waals surface area (Å²) in [6.07, 6.45) is 0.877. The number of hydrogen-bond acceptors (Lipinski definition) is 5. The van der Waals surface area contributed by atoms with Gasteiger partial charge in [-0.25, -0.2) is 0 Å². The maximum Gasteiger partial charge on any atom is 0.264 e. The third-order valence-electron chi connectivity index (χ3n) is 5.79. The fourth-order valence-electron chi connectivity index (χ4n) is 3.90. The number of rotatable bonds is 8. The van der Waals surface area contributed by atoms with Gasteiger partial charge in [-0.1, -0.05) is 65.3 Å². The van der Waals surface area contributed by atoms with Gasteiger partial charge in [-0.2, -0.15) is 5.26 Å². The molecule has 0 bridgehead atoms. The molecule has 1 N–H and O–H groups in total. The van der Waals surface area contributed by atoms with Crippen molar-refractivity contribution in [1.29, 1.82) is 5.26 Å². The molecule has 1 atom stereocenters. The van der Waals surface area contributed by atoms with Crippen LogP contribution >= 0.6 is 35.0 Å². The predicted octanol–water partition coefficient (Wildman–Crippen LogP) is 5.79. The summed E-state index contributed by atoms with van der Waals surface area (Å²) in [6.45, 7) is 0.328. The first-order valence-corrected chi connectivity index (χ1v) is 13.1. The van der Waals surface area contributed by atoms with Crippen molar-refractivity contribution in [2.45, 2.75) is 18.1 Å². The van der Waals surface area contributed by atoms with Gasteiger partial charge in [0, 0.05) is 22.3 Å². The largest absolute Gasteiger partial charge is 0.497 e. The van der Waals surface area contributed by atoms with E-state index in [-0.39, 0.29) is 11.5 Å². The lowest BCUT2D eigenvalue weighted by molar-refractivity contribution is -0.117. The number of nitrogens with one attached hydrogen (secondary N) is 1. The lowest BCUT2D eigenvalue weighted by Gasteiger charge is -2.18. The number of carbonyl (C=O) groups excluding carboxylic acids is 2. The van der Waals surface area contributed by atoms with E-state index in [1.54, 1.807) is 49.6 Å². The molecular weight excluding hydrogens is 529 g/mol. The van der Waals surface area contributed by atoms with Crippen molar-refractivity contribution in [3.8, 4) is 11.8 Å². The third-order valence-corrected chi connectivity index (χ3v) is 7.66. The van der Waals surface area contributed by atoms with E-state index in [0.717, 1.165) is 16.9 Å². The van der Waals surface area contributed by atoms with Crippen LogP contribution in [0.15, 0.2) is 83.4 Å². The fraction of sp³-hybridized carbons (Fsp3) is 0.179. The summed E-state index contributed by atoms with van der Waals surface area (Å²) in [7, 11) is 1.60. The predicted molar refractivity (Wildman–Crippen MR) is 148 cm³/mol. The van der Waals surface area contributed by atoms with Crippen LogP contribution in [0.5, 0.6) is 5.75 Å². The molecule has 1 aliphatic rings. The molecule has 3 aromatic carbocycles. The Bertz CT molecular complexity index is 1370. The Kier molecular flexibility index (Phi) is 8.78. The Morgan fingerprint density at radius 1 is 1.11 bits per heavy atom. The maximum atomic E-state index is 13.6. The highest BCUT2D eigenvalue weighted by Crippen LogP contribution is 2.42. The molecule has 9 heteroatoms. The van der Waals surface area contributed by atoms with Crippen LogP contribution in [0.25, 0.3) is 0 Å². The molecule has 1 saturated heterocycles. The number of anilines is 1. The first kappa shape index (κ1) is 26.6. The molecule has 0 spiro atoms. The summed E-state index contributed by atoms with van der Waals surface area (Å²) in [5, 5.41) is 13.5. The standard InChI is InChI=1S/C28H23Cl2N3O3S/c1-36-22-10-7-18(8-11-22)13-14-32-26(34)23(17-31)28-33(21-5-3-2-4-6-21)27(35)25(37-28)16-19-15-20(29)9-12-24(19)30/h2-12,15,25H,13-14,16H2,1H3,(H,32,34)/b28-23-/t25-/m1/s1. The monoisotopic (exact) mass is 551 g/mol. The zero-order valence-electron chi connectivity index (χ0n) is 19.9. The van der Waals surface area contributed by atoms with Gasteiger partial charge >= 0.3 is 0 Å². The molecule has 0 aliphatic carbocycles. The number of hydrogen-bond donors (Lipinski definition) is 1. The van der Waals surface area contributed by atoms with Gasteiger partial charge in [-0.15, -0.1) is 0 Å². The van der Waals surface area contributed by atoms with E-state index in [0.29, 0.717) is 40.1 Å². The molecule has 3 aromatic rings. The van der Waals surface area contributed by atoms with Crippen LogP contribution in [0, 0.1) is 11.3 Å². The van der Waals surface area contributed by atoms with Crippen LogP contribution in [0.2, 0.25) is 10.0 Å². The lowest BCUT2D eigenvalue weighted by Crippen LogP contribution is -2.32. The van der Waals surface area contributed by atoms with Crippen molar-refractivity contribution in [2.24, 2.45) is 0 Å². The second-order valence-corrected chi connectivity index (χ2v) is 10.2. The summed E-state index contributed by atoms with van der Waals surface area (Å²) >= 11 is 13.7. The average molecular weight is 552 g/mol. The van der Waals surface area contributed by atoms with Crippen LogP contribution in [0.1, 0.15) is 11.1 Å². The maximum absolute atomic E-state index is 13.6. The number of halogens is 2. The SMILES string of the molecule is COc1ccc(CCNC(=O)/C(C#N)=C2\S[C@H](Cc3cc(Cl)ccc3Cl)C(=O)N2c2ccccc2)cc1. The second-order valence-electron chi connectivity index (χ2n) is 8.20. The van der Waals surface area contributed by atoms with Crippen molar-refractivity contribution in [1.82, 2.24) is 5.32 Å². The Morgan fingerprint density at radius 2 is 1.84 bits per heavy atom. The number of carbonyl (C=O) groups is 2. The average Bonchev–Trinajstić information content (AvgIpc) is 3.22. The Labute approximate surface area is 229 Å². The van der Waals surface area contributed by atoms with E-state index in [1.165, 1.54) is 16.7 Å². The molecular formula is C28H23Cl2N3O3S. The lowest BCUT2D eigenvalue weighted by atomic mass is 10.1. The van der Waals surface area contributed by atoms with Crippen molar-refractivity contribution in [3.05, 3.63) is 105 Å². The zero-order valence-corrected chi connectivity index (χ0v) is 22.2. The molecule has 2 amide bonds. The number of para-hydroxylation sites is 1. The molecule has 1 heterocycles. The van der Waals surface area contributed by atoms with E-state index in [1.807, 2.05) is 36.4 Å². The minimum Gasteiger partial charge on any atom is -0.497 e. The summed E-state index contributed by atoms with van der Waals surface area (Å²) in [5.41, 5.74) is 2.20. The summed E-state index contributed by atoms with van der Waals surface area (Å²) in [4.78, 5) is 28.1. The van der Waals surface area contributed by atoms with Crippen LogP contribution in [-0.2, 0) is 22.4 Å². The first-order chi connectivity index (χ1) is 17.9. The molecule has 6 nitrogen and oxygen atoms in total. The van der Waals surface area contributed by atoms with Gasteiger partial charge in [0.25, 0.3) is 5.91 Å². The summed E-state index contributed by atoms with van der Waals surface area (Å²) in [5.74, 6) is -0.0171. The van der Waals surface area contributed by atoms with Crippen molar-refractivity contribution in [2.75, 3.05) is 18.6 Å². The number of amides is 2. The highest BCUT2D eigenvalue weighted by Gasteiger charge is 2.41. The van der Waals surface area contributed by atoms with Crippen LogP contribution in [-0.4, -0.2) is 30.7 Å². The minimum atomic E-state index is -0.582. The summed E-state index contributed by atoms with van der Waals surface area (Å²) in [6, 6.07) is 23.6. The molecule has 1 aliphatic heterocycles. The van der Waals surface area contributed by atoms with Crippen LogP contribution in [0.4, 0.5) is 5.69 Å². The van der Waals surface area contributed by atoms with Gasteiger partial charge in [0.05, 0.1) is 12.4 Å². The number of ether oxygens (including phenoxy) is 1. The topological polar surface area (TPSA) is 82.4 Å². The first-order valence-electron chi connectivity index (χ1n) is 11.5. The van der Waals surface area contributed by atoms with Crippen molar-refractivity contribution < 1.29 is 14.3 Å². The van der Waals surface area contributed by atoms with E-state index < -0.39 is 11.2 Å². The molecule has 4 rings (SSSR count). The molecule has 0 radical (unpaired) electrons. The Hall–Kier alpha value is -3.44. The number of methoxy groups -OCH3 is 1. The number of nitriles is 1. The molecule has 0 saturated carbocycles. The fourth-order valence-corrected chi connectivity index (χ4v) is 5.58. The quantitative estimate of drug-likeness (QED) is 0.283. The van der Waals surface area contributed by atoms with Crippen LogP contribution < -0.4 is 15.0 Å². The van der Waals surface area contributed by atoms with Crippen molar-refractivity contribution >= 4 is 52.5 Å². The van der Waals surface area contributed by atoms with Gasteiger partial charge in [-0.3, -0.25) is 14.5 Å². The molecule has 1 fully saturated rings. The van der Waals surface area contributed by atoms with Crippen molar-refractivity contribution in [3.63, 3.8) is 0 Å². The van der Waals surface area contributed by atoms with E-state index >= 15 is 0 Å². The Balaban J connectivity index is 1.58. The van der Waals surface area contributed by atoms with Gasteiger partial charge in [0.1, 0.15) is 22.4 Å². The molecule has 188 valence electrons. The summed E-state index contributed by atoms with van der Waals surface area (Å²) < 4.78 is 5.17. The second kappa shape index (κ2) is 12.2. The number of benzene rings is 3. The van der Waals surface area contributed by atoms with Gasteiger partial charge < -0.3 is 10.1 Å². The molecule has 0 aromatic heterocycles. The van der Waals surface area contributed by atoms with E-state index in [9.17, 15) is 14.9 Å². The van der Waals surface area contributed by atoms with Crippen LogP contribution in [0.3, 0.4) is 0 Å². The zero-order chi connectivity index (χ0) is 26.4. The number of nitrogens with zero attached hydrogens (tertiary/aromatic N) is 2. The smallest absolute Gasteiger partial charge is 0.264 e. The highest BCUT2D eigenvalue weighted by atomic mass is 35.5. The van der Waals surface area contributed by atoms with E-state index in [4.69, 9.17) is 27.9 Å². The molecule has 37 heavy (non-hydrogen) atoms. The minimum absolute atomic E-state index is 0.114. The number of thioether (sulfide) groups is 1. The van der Waals surface area contributed by atoms with Gasteiger partial charge in [0.2, 0.25) is 5.91 Å².